The van der Waals surface area contributed by atoms with Gasteiger partial charge in [-0.25, -0.2) is 0 Å². The van der Waals surface area contributed by atoms with E-state index < -0.39 is 0 Å². The smallest absolute Gasteiger partial charge is 0.299 e. The van der Waals surface area contributed by atoms with Crippen LogP contribution < -0.4 is 10.2 Å². The lowest BCUT2D eigenvalue weighted by Gasteiger charge is -2.22. The van der Waals surface area contributed by atoms with Gasteiger partial charge >= 0.3 is 0 Å². The highest BCUT2D eigenvalue weighted by Gasteiger charge is 2.33. The van der Waals surface area contributed by atoms with Gasteiger partial charge in [0.15, 0.2) is 5.58 Å². The summed E-state index contributed by atoms with van der Waals surface area (Å²) in [4.78, 5) is 28.3. The number of aromatic nitrogens is 3. The molecule has 0 spiro atoms. The third-order valence-corrected chi connectivity index (χ3v) is 5.77. The Morgan fingerprint density at radius 2 is 2.14 bits per heavy atom. The van der Waals surface area contributed by atoms with Crippen LogP contribution in [0.1, 0.15) is 18.5 Å². The number of para-hydroxylation sites is 2. The highest BCUT2D eigenvalue weighted by molar-refractivity contribution is 7.08. The average Bonchev–Trinajstić information content (AvgIpc) is 3.51. The number of oxazole rings is 1. The first-order valence-corrected chi connectivity index (χ1v) is 10.5. The molecule has 1 amide bonds. The van der Waals surface area contributed by atoms with Crippen molar-refractivity contribution in [3.05, 3.63) is 59.2 Å². The maximum Gasteiger partial charge on any atom is 0.299 e. The van der Waals surface area contributed by atoms with Gasteiger partial charge in [-0.2, -0.15) is 16.3 Å². The molecule has 0 saturated carbocycles. The Bertz CT molecular complexity index is 1110. The molecule has 1 atom stereocenters. The molecule has 5 rings (SSSR count). The molecule has 146 valence electrons. The van der Waals surface area contributed by atoms with Crippen LogP contribution in [-0.2, 0) is 11.3 Å². The van der Waals surface area contributed by atoms with E-state index in [1.165, 1.54) is 0 Å². The Balaban J connectivity index is 1.32. The van der Waals surface area contributed by atoms with Gasteiger partial charge in [0.05, 0.1) is 17.9 Å². The second kappa shape index (κ2) is 7.63. The highest BCUT2D eigenvalue weighted by atomic mass is 32.1. The number of benzene rings is 1. The predicted molar refractivity (Wildman–Crippen MR) is 112 cm³/mol. The van der Waals surface area contributed by atoms with E-state index in [0.29, 0.717) is 12.6 Å². The zero-order valence-electron chi connectivity index (χ0n) is 15.6. The van der Waals surface area contributed by atoms with Gasteiger partial charge in [0, 0.05) is 29.9 Å². The van der Waals surface area contributed by atoms with Crippen molar-refractivity contribution < 1.29 is 9.21 Å². The van der Waals surface area contributed by atoms with Gasteiger partial charge in [0.1, 0.15) is 11.6 Å². The van der Waals surface area contributed by atoms with Crippen molar-refractivity contribution in [3.63, 3.8) is 0 Å². The van der Waals surface area contributed by atoms with Crippen molar-refractivity contribution in [2.45, 2.75) is 25.4 Å². The Morgan fingerprint density at radius 1 is 1.24 bits per heavy atom. The standard InChI is InChI=1S/C21H19N5O2S/c27-20(24-12-16-19(23-9-8-22-16)14-7-11-29-13-14)17-5-3-10-26(17)21-25-15-4-1-2-6-18(15)28-21/h1-2,4,6-9,11,13,17H,3,5,10,12H2,(H,24,27). The Hall–Kier alpha value is -3.26. The van der Waals surface area contributed by atoms with Crippen LogP contribution in [0, 0.1) is 0 Å². The summed E-state index contributed by atoms with van der Waals surface area (Å²) < 4.78 is 5.88. The highest BCUT2D eigenvalue weighted by Crippen LogP contribution is 2.28. The lowest BCUT2D eigenvalue weighted by Crippen LogP contribution is -2.43. The van der Waals surface area contributed by atoms with Gasteiger partial charge in [-0.3, -0.25) is 14.8 Å². The minimum atomic E-state index is -0.302. The topological polar surface area (TPSA) is 84.2 Å². The van der Waals surface area contributed by atoms with E-state index in [4.69, 9.17) is 4.42 Å². The number of nitrogens with zero attached hydrogens (tertiary/aromatic N) is 4. The lowest BCUT2D eigenvalue weighted by molar-refractivity contribution is -0.122. The molecule has 1 aromatic carbocycles. The number of carbonyl (C=O) groups excluding carboxylic acids is 1. The summed E-state index contributed by atoms with van der Waals surface area (Å²) in [6.45, 7) is 1.08. The van der Waals surface area contributed by atoms with Crippen molar-refractivity contribution in [1.82, 2.24) is 20.3 Å². The minimum Gasteiger partial charge on any atom is -0.423 e. The number of thiophene rings is 1. The van der Waals surface area contributed by atoms with E-state index in [-0.39, 0.29) is 11.9 Å². The fraction of sp³-hybridized carbons (Fsp3) is 0.238. The first kappa shape index (κ1) is 17.8. The zero-order chi connectivity index (χ0) is 19.6. The van der Waals surface area contributed by atoms with Gasteiger partial charge in [-0.05, 0) is 36.4 Å². The van der Waals surface area contributed by atoms with Crippen molar-refractivity contribution in [2.75, 3.05) is 11.4 Å². The van der Waals surface area contributed by atoms with Crippen LogP contribution in [0.2, 0.25) is 0 Å². The number of carbonyl (C=O) groups is 1. The third kappa shape index (κ3) is 3.47. The van der Waals surface area contributed by atoms with Crippen LogP contribution in [0.25, 0.3) is 22.4 Å². The summed E-state index contributed by atoms with van der Waals surface area (Å²) in [5.74, 6) is -0.0494. The molecule has 0 radical (unpaired) electrons. The number of amides is 1. The molecule has 1 N–H and O–H groups in total. The SMILES string of the molecule is O=C(NCc1nccnc1-c1ccsc1)C1CCCN1c1nc2ccccc2o1. The number of anilines is 1. The molecule has 4 heterocycles. The molecule has 8 heteroatoms. The molecule has 1 unspecified atom stereocenters. The number of hydrogen-bond acceptors (Lipinski definition) is 7. The second-order valence-electron chi connectivity index (χ2n) is 6.90. The number of fused-ring (bicyclic) bond motifs is 1. The van der Waals surface area contributed by atoms with E-state index in [0.717, 1.165) is 47.4 Å². The van der Waals surface area contributed by atoms with Crippen LogP contribution >= 0.6 is 11.3 Å². The molecule has 1 aliphatic heterocycles. The molecule has 4 aromatic rings. The quantitative estimate of drug-likeness (QED) is 0.546. The summed E-state index contributed by atoms with van der Waals surface area (Å²) in [5.41, 5.74) is 4.10. The van der Waals surface area contributed by atoms with Crippen molar-refractivity contribution in [1.29, 1.82) is 0 Å². The number of rotatable bonds is 5. The molecule has 1 fully saturated rings. The molecule has 29 heavy (non-hydrogen) atoms. The lowest BCUT2D eigenvalue weighted by atomic mass is 10.1. The summed E-state index contributed by atoms with van der Waals surface area (Å²) in [5, 5.41) is 7.06. The summed E-state index contributed by atoms with van der Waals surface area (Å²) in [7, 11) is 0. The van der Waals surface area contributed by atoms with Crippen molar-refractivity contribution in [3.8, 4) is 11.3 Å². The van der Waals surface area contributed by atoms with E-state index in [9.17, 15) is 4.79 Å². The summed E-state index contributed by atoms with van der Waals surface area (Å²) >= 11 is 1.61. The van der Waals surface area contributed by atoms with Gasteiger partial charge < -0.3 is 14.6 Å². The molecular formula is C21H19N5O2S. The van der Waals surface area contributed by atoms with Gasteiger partial charge in [-0.1, -0.05) is 12.1 Å². The molecule has 1 aliphatic rings. The Labute approximate surface area is 171 Å². The first-order chi connectivity index (χ1) is 14.3. The van der Waals surface area contributed by atoms with Gasteiger partial charge in [0.2, 0.25) is 5.91 Å². The van der Waals surface area contributed by atoms with Crippen LogP contribution in [0.4, 0.5) is 6.01 Å². The largest absolute Gasteiger partial charge is 0.423 e. The molecule has 7 nitrogen and oxygen atoms in total. The van der Waals surface area contributed by atoms with E-state index in [2.05, 4.69) is 20.3 Å². The molecule has 0 bridgehead atoms. The third-order valence-electron chi connectivity index (χ3n) is 5.08. The zero-order valence-corrected chi connectivity index (χ0v) is 16.4. The number of nitrogens with one attached hydrogen (secondary N) is 1. The number of hydrogen-bond donors (Lipinski definition) is 1. The van der Waals surface area contributed by atoms with Crippen LogP contribution in [0.5, 0.6) is 0 Å². The minimum absolute atomic E-state index is 0.0494. The summed E-state index contributed by atoms with van der Waals surface area (Å²) in [6.07, 6.45) is 5.01. The van der Waals surface area contributed by atoms with Gasteiger partial charge in [0.25, 0.3) is 6.01 Å². The Kier molecular flexibility index (Phi) is 4.69. The summed E-state index contributed by atoms with van der Waals surface area (Å²) in [6, 6.07) is 9.84. The van der Waals surface area contributed by atoms with Crippen LogP contribution in [0.15, 0.2) is 57.9 Å². The van der Waals surface area contributed by atoms with E-state index in [1.807, 2.05) is 46.0 Å². The van der Waals surface area contributed by atoms with Crippen molar-refractivity contribution in [2.24, 2.45) is 0 Å². The maximum atomic E-state index is 12.9. The fourth-order valence-corrected chi connectivity index (χ4v) is 4.32. The second-order valence-corrected chi connectivity index (χ2v) is 7.68. The van der Waals surface area contributed by atoms with Crippen molar-refractivity contribution >= 4 is 34.4 Å². The van der Waals surface area contributed by atoms with Gasteiger partial charge in [-0.15, -0.1) is 0 Å². The Morgan fingerprint density at radius 3 is 3.00 bits per heavy atom. The maximum absolute atomic E-state index is 12.9. The monoisotopic (exact) mass is 405 g/mol. The average molecular weight is 405 g/mol. The van der Waals surface area contributed by atoms with E-state index in [1.54, 1.807) is 23.7 Å². The molecular weight excluding hydrogens is 386 g/mol. The fourth-order valence-electron chi connectivity index (χ4n) is 3.68. The normalized spacial score (nSPS) is 16.4. The first-order valence-electron chi connectivity index (χ1n) is 9.52. The van der Waals surface area contributed by atoms with Crippen LogP contribution in [0.3, 0.4) is 0 Å². The molecule has 3 aromatic heterocycles. The van der Waals surface area contributed by atoms with E-state index >= 15 is 0 Å². The van der Waals surface area contributed by atoms with Crippen LogP contribution in [-0.4, -0.2) is 33.4 Å². The predicted octanol–water partition coefficient (Wildman–Crippen LogP) is 3.63. The molecule has 1 saturated heterocycles. The molecule has 0 aliphatic carbocycles.